The second kappa shape index (κ2) is 10.3. The summed E-state index contributed by atoms with van der Waals surface area (Å²) in [4.78, 5) is 31.2. The molecule has 6 rings (SSSR count). The van der Waals surface area contributed by atoms with Crippen molar-refractivity contribution in [1.29, 1.82) is 0 Å². The molecule has 0 saturated carbocycles. The lowest BCUT2D eigenvalue weighted by atomic mass is 9.86. The van der Waals surface area contributed by atoms with Crippen molar-refractivity contribution < 1.29 is 23.8 Å². The number of ether oxygens (including phenoxy) is 3. The third kappa shape index (κ3) is 4.83. The number of carbonyl (C=O) groups excluding carboxylic acids is 2. The predicted molar refractivity (Wildman–Crippen MR) is 150 cm³/mol. The van der Waals surface area contributed by atoms with Crippen LogP contribution in [0.3, 0.4) is 0 Å². The lowest BCUT2D eigenvalue weighted by Crippen LogP contribution is -2.23. The van der Waals surface area contributed by atoms with Crippen molar-refractivity contribution in [3.05, 3.63) is 94.2 Å². The van der Waals surface area contributed by atoms with E-state index < -0.39 is 5.97 Å². The van der Waals surface area contributed by atoms with Gasteiger partial charge in [-0.2, -0.15) is 0 Å². The summed E-state index contributed by atoms with van der Waals surface area (Å²) in [5.41, 5.74) is 7.50. The standard InChI is InChI=1S/C32H28N2O5/c1-19-7-5-8-20(2)30(19)34-28(35)17-37-32(36)29-23-10-3-4-12-25(23)33-31-22(9-6-11-24(29)31)15-21-13-14-26-27(16-21)39-18-38-26/h3-5,7-8,10,12-16H,6,9,11,17-18H2,1-2H3,(H,34,35)/b22-15-. The first-order valence-corrected chi connectivity index (χ1v) is 13.0. The van der Waals surface area contributed by atoms with E-state index in [0.29, 0.717) is 17.5 Å². The number of pyridine rings is 1. The van der Waals surface area contributed by atoms with Crippen LogP contribution in [0.15, 0.2) is 60.7 Å². The number of esters is 1. The van der Waals surface area contributed by atoms with Crippen LogP contribution in [0.4, 0.5) is 5.69 Å². The smallest absolute Gasteiger partial charge is 0.339 e. The number of nitrogens with one attached hydrogen (secondary N) is 1. The minimum atomic E-state index is -0.522. The second-order valence-corrected chi connectivity index (χ2v) is 9.86. The first kappa shape index (κ1) is 24.7. The van der Waals surface area contributed by atoms with E-state index in [1.54, 1.807) is 0 Å². The van der Waals surface area contributed by atoms with Crippen molar-refractivity contribution in [2.75, 3.05) is 18.7 Å². The van der Waals surface area contributed by atoms with E-state index in [9.17, 15) is 9.59 Å². The molecule has 0 spiro atoms. The number of allylic oxidation sites excluding steroid dienone is 1. The number of hydrogen-bond donors (Lipinski definition) is 1. The van der Waals surface area contributed by atoms with E-state index in [-0.39, 0.29) is 19.3 Å². The monoisotopic (exact) mass is 520 g/mol. The third-order valence-corrected chi connectivity index (χ3v) is 7.19. The first-order chi connectivity index (χ1) is 19.0. The van der Waals surface area contributed by atoms with Gasteiger partial charge >= 0.3 is 5.97 Å². The molecule has 0 radical (unpaired) electrons. The van der Waals surface area contributed by atoms with Crippen LogP contribution in [0.5, 0.6) is 11.5 Å². The molecule has 0 saturated heterocycles. The van der Waals surface area contributed by atoms with E-state index in [1.807, 2.05) is 74.5 Å². The van der Waals surface area contributed by atoms with E-state index in [2.05, 4.69) is 11.4 Å². The Morgan fingerprint density at radius 2 is 1.77 bits per heavy atom. The molecule has 1 aliphatic heterocycles. The SMILES string of the molecule is Cc1cccc(C)c1NC(=O)COC(=O)c1c2c(nc3ccccc13)/C(=C\c1ccc3c(c1)OCO3)CCC2. The fourth-order valence-corrected chi connectivity index (χ4v) is 5.30. The van der Waals surface area contributed by atoms with Gasteiger partial charge in [-0.15, -0.1) is 0 Å². The number of hydrogen-bond acceptors (Lipinski definition) is 6. The third-order valence-electron chi connectivity index (χ3n) is 7.19. The predicted octanol–water partition coefficient (Wildman–Crippen LogP) is 6.25. The highest BCUT2D eigenvalue weighted by molar-refractivity contribution is 6.07. The Morgan fingerprint density at radius 3 is 2.62 bits per heavy atom. The van der Waals surface area contributed by atoms with Crippen molar-refractivity contribution in [3.63, 3.8) is 0 Å². The number of fused-ring (bicyclic) bond motifs is 3. The van der Waals surface area contributed by atoms with E-state index in [1.165, 1.54) is 0 Å². The molecule has 1 aromatic heterocycles. The number of amides is 1. The average Bonchev–Trinajstić information content (AvgIpc) is 3.41. The molecule has 1 aliphatic carbocycles. The minimum absolute atomic E-state index is 0.222. The summed E-state index contributed by atoms with van der Waals surface area (Å²) in [5.74, 6) is 0.550. The lowest BCUT2D eigenvalue weighted by Gasteiger charge is -2.22. The molecule has 2 heterocycles. The Hall–Kier alpha value is -4.65. The molecule has 7 heteroatoms. The zero-order chi connectivity index (χ0) is 26.9. The van der Waals surface area contributed by atoms with E-state index in [4.69, 9.17) is 19.2 Å². The van der Waals surface area contributed by atoms with E-state index in [0.717, 1.165) is 68.9 Å². The van der Waals surface area contributed by atoms with Gasteiger partial charge in [0.2, 0.25) is 6.79 Å². The van der Waals surface area contributed by atoms with E-state index >= 15 is 0 Å². The molecular formula is C32H28N2O5. The summed E-state index contributed by atoms with van der Waals surface area (Å²) in [7, 11) is 0. The molecule has 1 amide bonds. The topological polar surface area (TPSA) is 86.8 Å². The molecule has 2 aliphatic rings. The average molecular weight is 521 g/mol. The minimum Gasteiger partial charge on any atom is -0.454 e. The molecule has 0 atom stereocenters. The van der Waals surface area contributed by atoms with Crippen molar-refractivity contribution >= 4 is 40.1 Å². The molecule has 7 nitrogen and oxygen atoms in total. The Balaban J connectivity index is 1.31. The molecule has 0 bridgehead atoms. The fourth-order valence-electron chi connectivity index (χ4n) is 5.30. The number of aryl methyl sites for hydroxylation is 2. The van der Waals surface area contributed by atoms with Gasteiger partial charge in [0, 0.05) is 11.1 Å². The summed E-state index contributed by atoms with van der Waals surface area (Å²) < 4.78 is 16.6. The Kier molecular flexibility index (Phi) is 6.49. The van der Waals surface area contributed by atoms with Crippen LogP contribution >= 0.6 is 0 Å². The fraction of sp³-hybridized carbons (Fsp3) is 0.219. The van der Waals surface area contributed by atoms with Crippen LogP contribution in [0.1, 0.15) is 51.1 Å². The second-order valence-electron chi connectivity index (χ2n) is 9.86. The zero-order valence-electron chi connectivity index (χ0n) is 21.9. The van der Waals surface area contributed by atoms with Gasteiger partial charge < -0.3 is 19.5 Å². The number of rotatable bonds is 5. The van der Waals surface area contributed by atoms with Crippen LogP contribution in [0.2, 0.25) is 0 Å². The summed E-state index contributed by atoms with van der Waals surface area (Å²) >= 11 is 0. The van der Waals surface area contributed by atoms with Crippen molar-refractivity contribution in [2.24, 2.45) is 0 Å². The van der Waals surface area contributed by atoms with Crippen LogP contribution < -0.4 is 14.8 Å². The molecule has 0 unspecified atom stereocenters. The summed E-state index contributed by atoms with van der Waals surface area (Å²) in [6.45, 7) is 3.70. The van der Waals surface area contributed by atoms with Crippen molar-refractivity contribution in [2.45, 2.75) is 33.1 Å². The first-order valence-electron chi connectivity index (χ1n) is 13.0. The maximum atomic E-state index is 13.5. The normalized spacial score (nSPS) is 14.8. The maximum Gasteiger partial charge on any atom is 0.339 e. The number of nitrogens with zero attached hydrogens (tertiary/aromatic N) is 1. The molecule has 39 heavy (non-hydrogen) atoms. The van der Waals surface area contributed by atoms with Crippen molar-refractivity contribution in [3.8, 4) is 11.5 Å². The number of benzene rings is 3. The molecule has 3 aromatic carbocycles. The Morgan fingerprint density at radius 1 is 0.974 bits per heavy atom. The number of anilines is 1. The molecule has 4 aromatic rings. The van der Waals surface area contributed by atoms with Gasteiger partial charge in [0.1, 0.15) is 0 Å². The van der Waals surface area contributed by atoms with Gasteiger partial charge in [-0.1, -0.05) is 42.5 Å². The highest BCUT2D eigenvalue weighted by Gasteiger charge is 2.26. The van der Waals surface area contributed by atoms with Gasteiger partial charge in [0.05, 0.1) is 16.8 Å². The molecule has 196 valence electrons. The van der Waals surface area contributed by atoms with Crippen LogP contribution in [0, 0.1) is 13.8 Å². The lowest BCUT2D eigenvalue weighted by molar-refractivity contribution is -0.119. The molecule has 0 fully saturated rings. The van der Waals surface area contributed by atoms with Gasteiger partial charge in [-0.05, 0) is 85.2 Å². The van der Waals surface area contributed by atoms with Gasteiger partial charge in [0.25, 0.3) is 5.91 Å². The van der Waals surface area contributed by atoms with Gasteiger partial charge in [-0.3, -0.25) is 4.79 Å². The summed E-state index contributed by atoms with van der Waals surface area (Å²) in [6, 6.07) is 19.2. The van der Waals surface area contributed by atoms with Crippen LogP contribution in [-0.2, 0) is 16.0 Å². The van der Waals surface area contributed by atoms with Crippen LogP contribution in [-0.4, -0.2) is 30.3 Å². The Labute approximate surface area is 226 Å². The quantitative estimate of drug-likeness (QED) is 0.313. The summed E-state index contributed by atoms with van der Waals surface area (Å²) in [6.07, 6.45) is 4.50. The molecular weight excluding hydrogens is 492 g/mol. The Bertz CT molecular complexity index is 1640. The van der Waals surface area contributed by atoms with Gasteiger partial charge in [0.15, 0.2) is 18.1 Å². The largest absolute Gasteiger partial charge is 0.454 e. The van der Waals surface area contributed by atoms with Crippen molar-refractivity contribution in [1.82, 2.24) is 4.98 Å². The maximum absolute atomic E-state index is 13.5. The number of aromatic nitrogens is 1. The molecule has 1 N–H and O–H groups in total. The zero-order valence-corrected chi connectivity index (χ0v) is 21.9. The number of carbonyl (C=O) groups is 2. The summed E-state index contributed by atoms with van der Waals surface area (Å²) in [5, 5.41) is 3.60. The highest BCUT2D eigenvalue weighted by Crippen LogP contribution is 2.38. The van der Waals surface area contributed by atoms with Gasteiger partial charge in [-0.25, -0.2) is 9.78 Å². The number of para-hydroxylation sites is 2. The van der Waals surface area contributed by atoms with Crippen LogP contribution in [0.25, 0.3) is 22.6 Å². The highest BCUT2D eigenvalue weighted by atomic mass is 16.7.